The summed E-state index contributed by atoms with van der Waals surface area (Å²) in [6, 6.07) is 0. The summed E-state index contributed by atoms with van der Waals surface area (Å²) in [6.07, 6.45) is 2.99. The maximum atomic E-state index is 12.1. The van der Waals surface area contributed by atoms with Crippen molar-refractivity contribution in [2.75, 3.05) is 34.2 Å². The molecule has 3 heteroatoms. The lowest BCUT2D eigenvalue weighted by Gasteiger charge is -2.40. The van der Waals surface area contributed by atoms with Crippen LogP contribution in [0.3, 0.4) is 0 Å². The lowest BCUT2D eigenvalue weighted by Crippen LogP contribution is -2.47. The van der Waals surface area contributed by atoms with Gasteiger partial charge in [-0.3, -0.25) is 4.79 Å². The minimum atomic E-state index is -0.0734. The molecule has 1 rings (SSSR count). The highest BCUT2D eigenvalue weighted by Gasteiger charge is 2.39. The van der Waals surface area contributed by atoms with Crippen LogP contribution in [0, 0.1) is 5.41 Å². The molecular formula is C11H22N2O. The van der Waals surface area contributed by atoms with Gasteiger partial charge in [0.25, 0.3) is 0 Å². The van der Waals surface area contributed by atoms with Crippen LogP contribution in [0.4, 0.5) is 0 Å². The van der Waals surface area contributed by atoms with Crippen LogP contribution >= 0.6 is 0 Å². The van der Waals surface area contributed by atoms with E-state index in [0.29, 0.717) is 5.91 Å². The Bertz CT molecular complexity index is 205. The average molecular weight is 198 g/mol. The van der Waals surface area contributed by atoms with E-state index in [1.54, 1.807) is 4.90 Å². The van der Waals surface area contributed by atoms with Crippen molar-refractivity contribution in [1.82, 2.24) is 9.80 Å². The second-order valence-electron chi connectivity index (χ2n) is 4.64. The van der Waals surface area contributed by atoms with Crippen molar-refractivity contribution in [2.45, 2.75) is 26.2 Å². The van der Waals surface area contributed by atoms with Gasteiger partial charge in [-0.15, -0.1) is 0 Å². The van der Waals surface area contributed by atoms with Crippen LogP contribution in [0.15, 0.2) is 0 Å². The zero-order valence-electron chi connectivity index (χ0n) is 9.84. The van der Waals surface area contributed by atoms with Crippen molar-refractivity contribution in [2.24, 2.45) is 5.41 Å². The van der Waals surface area contributed by atoms with Crippen molar-refractivity contribution in [3.8, 4) is 0 Å². The number of likely N-dealkylation sites (tertiary alicyclic amines) is 1. The summed E-state index contributed by atoms with van der Waals surface area (Å²) >= 11 is 0. The molecule has 3 nitrogen and oxygen atoms in total. The average Bonchev–Trinajstić information content (AvgIpc) is 2.18. The van der Waals surface area contributed by atoms with Gasteiger partial charge in [0, 0.05) is 14.1 Å². The molecule has 1 aliphatic rings. The van der Waals surface area contributed by atoms with Crippen LogP contribution in [0.5, 0.6) is 0 Å². The lowest BCUT2D eigenvalue weighted by atomic mass is 9.75. The first-order chi connectivity index (χ1) is 6.52. The highest BCUT2D eigenvalue weighted by atomic mass is 16.2. The maximum absolute atomic E-state index is 12.1. The van der Waals surface area contributed by atoms with Gasteiger partial charge in [-0.25, -0.2) is 0 Å². The van der Waals surface area contributed by atoms with E-state index in [1.165, 1.54) is 0 Å². The van der Waals surface area contributed by atoms with E-state index in [2.05, 4.69) is 18.9 Å². The molecule has 0 spiro atoms. The Morgan fingerprint density at radius 2 is 1.86 bits per heavy atom. The van der Waals surface area contributed by atoms with Gasteiger partial charge in [0.1, 0.15) is 0 Å². The molecule has 14 heavy (non-hydrogen) atoms. The molecule has 1 saturated heterocycles. The van der Waals surface area contributed by atoms with E-state index in [9.17, 15) is 4.79 Å². The predicted octanol–water partition coefficient (Wildman–Crippen LogP) is 1.20. The van der Waals surface area contributed by atoms with Gasteiger partial charge in [-0.05, 0) is 39.4 Å². The Hall–Kier alpha value is -0.570. The van der Waals surface area contributed by atoms with Crippen LogP contribution in [0.25, 0.3) is 0 Å². The number of carbonyl (C=O) groups is 1. The number of rotatable bonds is 2. The monoisotopic (exact) mass is 198 g/mol. The quantitative estimate of drug-likeness (QED) is 0.665. The lowest BCUT2D eigenvalue weighted by molar-refractivity contribution is -0.142. The van der Waals surface area contributed by atoms with Gasteiger partial charge in [0.05, 0.1) is 5.41 Å². The molecule has 0 N–H and O–H groups in total. The van der Waals surface area contributed by atoms with E-state index in [4.69, 9.17) is 0 Å². The van der Waals surface area contributed by atoms with Crippen LogP contribution in [0.1, 0.15) is 26.2 Å². The molecule has 0 bridgehead atoms. The number of hydrogen-bond acceptors (Lipinski definition) is 2. The molecule has 0 unspecified atom stereocenters. The number of carbonyl (C=O) groups excluding carboxylic acids is 1. The Morgan fingerprint density at radius 1 is 1.36 bits per heavy atom. The number of amides is 1. The van der Waals surface area contributed by atoms with Crippen LogP contribution < -0.4 is 0 Å². The summed E-state index contributed by atoms with van der Waals surface area (Å²) in [5.41, 5.74) is -0.0734. The Balaban J connectivity index is 2.72. The molecule has 1 fully saturated rings. The van der Waals surface area contributed by atoms with Gasteiger partial charge >= 0.3 is 0 Å². The normalized spacial score (nSPS) is 22.0. The van der Waals surface area contributed by atoms with Crippen molar-refractivity contribution >= 4 is 5.91 Å². The van der Waals surface area contributed by atoms with Crippen LogP contribution in [-0.2, 0) is 4.79 Å². The molecule has 0 radical (unpaired) electrons. The summed E-state index contributed by atoms with van der Waals surface area (Å²) in [4.78, 5) is 16.1. The summed E-state index contributed by atoms with van der Waals surface area (Å²) in [6.45, 7) is 4.23. The summed E-state index contributed by atoms with van der Waals surface area (Å²) < 4.78 is 0. The standard InChI is InChI=1S/C11H22N2O/c1-5-11(10(14)12(2)3)6-8-13(4)9-7-11/h5-9H2,1-4H3. The molecule has 1 amide bonds. The van der Waals surface area contributed by atoms with E-state index in [1.807, 2.05) is 14.1 Å². The first kappa shape index (κ1) is 11.5. The molecule has 1 aliphatic heterocycles. The second-order valence-corrected chi connectivity index (χ2v) is 4.64. The molecule has 0 aliphatic carbocycles. The van der Waals surface area contributed by atoms with Gasteiger partial charge < -0.3 is 9.80 Å². The SMILES string of the molecule is CCC1(C(=O)N(C)C)CCN(C)CC1. The molecule has 82 valence electrons. The van der Waals surface area contributed by atoms with Crippen molar-refractivity contribution < 1.29 is 4.79 Å². The Morgan fingerprint density at radius 3 is 2.21 bits per heavy atom. The minimum Gasteiger partial charge on any atom is -0.348 e. The Labute approximate surface area is 87.1 Å². The van der Waals surface area contributed by atoms with E-state index in [-0.39, 0.29) is 5.41 Å². The number of nitrogens with zero attached hydrogens (tertiary/aromatic N) is 2. The minimum absolute atomic E-state index is 0.0734. The fourth-order valence-corrected chi connectivity index (χ4v) is 2.24. The predicted molar refractivity (Wildman–Crippen MR) is 58.1 cm³/mol. The van der Waals surface area contributed by atoms with E-state index in [0.717, 1.165) is 32.4 Å². The molecule has 0 aromatic rings. The van der Waals surface area contributed by atoms with Crippen LogP contribution in [-0.4, -0.2) is 49.9 Å². The molecule has 0 aromatic carbocycles. The van der Waals surface area contributed by atoms with Crippen molar-refractivity contribution in [3.05, 3.63) is 0 Å². The van der Waals surface area contributed by atoms with Crippen LogP contribution in [0.2, 0.25) is 0 Å². The third-order valence-corrected chi connectivity index (χ3v) is 3.48. The van der Waals surface area contributed by atoms with Gasteiger partial charge in [-0.1, -0.05) is 6.92 Å². The fraction of sp³-hybridized carbons (Fsp3) is 0.909. The first-order valence-electron chi connectivity index (χ1n) is 5.42. The highest BCUT2D eigenvalue weighted by Crippen LogP contribution is 2.35. The van der Waals surface area contributed by atoms with E-state index >= 15 is 0 Å². The summed E-state index contributed by atoms with van der Waals surface area (Å²) in [7, 11) is 5.84. The van der Waals surface area contributed by atoms with Gasteiger partial charge in [-0.2, -0.15) is 0 Å². The molecule has 0 atom stereocenters. The van der Waals surface area contributed by atoms with Gasteiger partial charge in [0.2, 0.25) is 5.91 Å². The Kier molecular flexibility index (Phi) is 3.53. The topological polar surface area (TPSA) is 23.6 Å². The molecule has 0 saturated carbocycles. The zero-order valence-corrected chi connectivity index (χ0v) is 9.84. The molecular weight excluding hydrogens is 176 g/mol. The third kappa shape index (κ3) is 2.08. The number of hydrogen-bond donors (Lipinski definition) is 0. The number of piperidine rings is 1. The molecule has 1 heterocycles. The maximum Gasteiger partial charge on any atom is 0.228 e. The van der Waals surface area contributed by atoms with Gasteiger partial charge in [0.15, 0.2) is 0 Å². The summed E-state index contributed by atoms with van der Waals surface area (Å²) in [5.74, 6) is 0.313. The molecule has 0 aromatic heterocycles. The van der Waals surface area contributed by atoms with Crippen molar-refractivity contribution in [3.63, 3.8) is 0 Å². The highest BCUT2D eigenvalue weighted by molar-refractivity contribution is 5.82. The van der Waals surface area contributed by atoms with E-state index < -0.39 is 0 Å². The smallest absolute Gasteiger partial charge is 0.228 e. The zero-order chi connectivity index (χ0) is 10.8. The largest absolute Gasteiger partial charge is 0.348 e. The third-order valence-electron chi connectivity index (χ3n) is 3.48. The second kappa shape index (κ2) is 4.30. The summed E-state index contributed by atoms with van der Waals surface area (Å²) in [5, 5.41) is 0. The fourth-order valence-electron chi connectivity index (χ4n) is 2.24. The first-order valence-corrected chi connectivity index (χ1v) is 5.42. The van der Waals surface area contributed by atoms with Crippen molar-refractivity contribution in [1.29, 1.82) is 0 Å².